The molecule has 0 aliphatic carbocycles. The van der Waals surface area contributed by atoms with E-state index in [1.807, 2.05) is 30.3 Å². The van der Waals surface area contributed by atoms with Gasteiger partial charge >= 0.3 is 0 Å². The number of H-pyrrole nitrogens is 1. The van der Waals surface area contributed by atoms with Gasteiger partial charge in [0.05, 0.1) is 18.9 Å². The third-order valence-corrected chi connectivity index (χ3v) is 6.49. The molecular formula is C28H23FN4O4. The number of aromatic nitrogens is 2. The van der Waals surface area contributed by atoms with Crippen LogP contribution in [-0.2, 0) is 11.2 Å². The number of aromatic amines is 1. The van der Waals surface area contributed by atoms with Crippen LogP contribution in [0.25, 0.3) is 11.3 Å². The Kier molecular flexibility index (Phi) is 5.90. The Bertz CT molecular complexity index is 1560. The lowest BCUT2D eigenvalue weighted by Crippen LogP contribution is -2.36. The minimum atomic E-state index is -0.712. The number of amides is 1. The minimum Gasteiger partial charge on any atom is -0.456 e. The summed E-state index contributed by atoms with van der Waals surface area (Å²) >= 11 is 0. The molecule has 0 unspecified atom stereocenters. The molecule has 4 aromatic rings. The third kappa shape index (κ3) is 4.68. The van der Waals surface area contributed by atoms with Gasteiger partial charge in [-0.1, -0.05) is 12.1 Å². The first-order valence-corrected chi connectivity index (χ1v) is 12.0. The van der Waals surface area contributed by atoms with Gasteiger partial charge in [0.15, 0.2) is 0 Å². The van der Waals surface area contributed by atoms with Gasteiger partial charge in [0.25, 0.3) is 5.91 Å². The number of ether oxygens (including phenoxy) is 2. The maximum atomic E-state index is 13.4. The number of benzene rings is 2. The van der Waals surface area contributed by atoms with E-state index in [0.717, 1.165) is 41.5 Å². The molecule has 0 spiro atoms. The van der Waals surface area contributed by atoms with Crippen molar-refractivity contribution in [2.45, 2.75) is 6.42 Å². The zero-order valence-electron chi connectivity index (χ0n) is 19.8. The normalized spacial score (nSPS) is 14.4. The molecule has 1 fully saturated rings. The van der Waals surface area contributed by atoms with Crippen LogP contribution in [-0.4, -0.2) is 42.2 Å². The number of fused-ring (bicyclic) bond motifs is 2. The molecule has 2 aromatic heterocycles. The van der Waals surface area contributed by atoms with Gasteiger partial charge in [0.1, 0.15) is 11.5 Å². The Hall–Kier alpha value is -4.50. The summed E-state index contributed by atoms with van der Waals surface area (Å²) in [5.41, 5.74) is 4.78. The van der Waals surface area contributed by atoms with E-state index in [0.29, 0.717) is 42.5 Å². The van der Waals surface area contributed by atoms with Crippen molar-refractivity contribution < 1.29 is 18.7 Å². The fourth-order valence-electron chi connectivity index (χ4n) is 4.69. The van der Waals surface area contributed by atoms with Crippen LogP contribution >= 0.6 is 0 Å². The molecule has 37 heavy (non-hydrogen) atoms. The third-order valence-electron chi connectivity index (χ3n) is 6.49. The highest BCUT2D eigenvalue weighted by molar-refractivity contribution is 6.04. The standard InChI is InChI=1S/C28H23FN4O4/c29-25-14-18(6-7-30-25)28(35)31-20-4-5-24-19(13-20)12-17-2-1-3-22(27(17)37-24)23-15-21(16-26(34)32-23)33-8-10-36-11-9-33/h1-7,13-16H,8-12H2,(H,31,35)(H,32,34). The van der Waals surface area contributed by atoms with E-state index in [9.17, 15) is 14.0 Å². The summed E-state index contributed by atoms with van der Waals surface area (Å²) in [5.74, 6) is 0.217. The lowest BCUT2D eigenvalue weighted by atomic mass is 9.96. The molecule has 0 saturated carbocycles. The van der Waals surface area contributed by atoms with E-state index < -0.39 is 11.9 Å². The van der Waals surface area contributed by atoms with Gasteiger partial charge in [-0.2, -0.15) is 4.39 Å². The number of morpholine rings is 1. The summed E-state index contributed by atoms with van der Waals surface area (Å²) < 4.78 is 25.2. The number of nitrogens with zero attached hydrogens (tertiary/aromatic N) is 2. The van der Waals surface area contributed by atoms with Crippen LogP contribution in [0.5, 0.6) is 11.5 Å². The number of pyridine rings is 2. The van der Waals surface area contributed by atoms with E-state index >= 15 is 0 Å². The van der Waals surface area contributed by atoms with Crippen molar-refractivity contribution in [1.82, 2.24) is 9.97 Å². The number of carbonyl (C=O) groups excluding carboxylic acids is 1. The Balaban J connectivity index is 1.28. The average Bonchev–Trinajstić information content (AvgIpc) is 2.91. The first-order chi connectivity index (χ1) is 18.0. The highest BCUT2D eigenvalue weighted by Gasteiger charge is 2.23. The second-order valence-corrected chi connectivity index (χ2v) is 8.93. The van der Waals surface area contributed by atoms with Crippen molar-refractivity contribution in [1.29, 1.82) is 0 Å². The second-order valence-electron chi connectivity index (χ2n) is 8.93. The summed E-state index contributed by atoms with van der Waals surface area (Å²) in [4.78, 5) is 33.6. The van der Waals surface area contributed by atoms with Crippen LogP contribution in [0.15, 0.2) is 71.7 Å². The molecule has 4 heterocycles. The fourth-order valence-corrected chi connectivity index (χ4v) is 4.69. The molecule has 2 aliphatic heterocycles. The van der Waals surface area contributed by atoms with E-state index in [1.165, 1.54) is 12.3 Å². The number of anilines is 2. The van der Waals surface area contributed by atoms with Crippen molar-refractivity contribution in [2.75, 3.05) is 36.5 Å². The van der Waals surface area contributed by atoms with Gasteiger partial charge in [-0.3, -0.25) is 9.59 Å². The monoisotopic (exact) mass is 498 g/mol. The zero-order chi connectivity index (χ0) is 25.4. The Morgan fingerprint density at radius 3 is 2.73 bits per heavy atom. The lowest BCUT2D eigenvalue weighted by molar-refractivity contribution is 0.102. The SMILES string of the molecule is O=C(Nc1ccc2c(c1)Cc1cccc(-c3cc(N4CCOCC4)cc(=O)[nH]3)c1O2)c1ccnc(F)c1. The minimum absolute atomic E-state index is 0.178. The molecule has 0 atom stereocenters. The van der Waals surface area contributed by atoms with Gasteiger partial charge in [0.2, 0.25) is 11.5 Å². The molecule has 9 heteroatoms. The number of hydrogen-bond donors (Lipinski definition) is 2. The summed E-state index contributed by atoms with van der Waals surface area (Å²) in [5, 5.41) is 2.80. The Morgan fingerprint density at radius 1 is 1.03 bits per heavy atom. The van der Waals surface area contributed by atoms with E-state index in [2.05, 4.69) is 20.2 Å². The fraction of sp³-hybridized carbons (Fsp3) is 0.179. The predicted molar refractivity (Wildman–Crippen MR) is 137 cm³/mol. The summed E-state index contributed by atoms with van der Waals surface area (Å²) in [6.45, 7) is 2.72. The van der Waals surface area contributed by atoms with E-state index in [4.69, 9.17) is 9.47 Å². The Morgan fingerprint density at radius 2 is 1.89 bits per heavy atom. The number of hydrogen-bond acceptors (Lipinski definition) is 6. The molecule has 1 amide bonds. The van der Waals surface area contributed by atoms with Gasteiger partial charge in [0, 0.05) is 65.9 Å². The number of carbonyl (C=O) groups is 1. The van der Waals surface area contributed by atoms with Crippen molar-refractivity contribution in [2.24, 2.45) is 0 Å². The Labute approximate surface area is 211 Å². The molecule has 2 aliphatic rings. The van der Waals surface area contributed by atoms with Crippen LogP contribution in [0.4, 0.5) is 15.8 Å². The van der Waals surface area contributed by atoms with Crippen molar-refractivity contribution in [3.63, 3.8) is 0 Å². The number of nitrogens with one attached hydrogen (secondary N) is 2. The number of halogens is 1. The molecule has 2 aromatic carbocycles. The number of para-hydroxylation sites is 1. The molecule has 6 rings (SSSR count). The van der Waals surface area contributed by atoms with Gasteiger partial charge < -0.3 is 24.7 Å². The molecule has 186 valence electrons. The molecular weight excluding hydrogens is 475 g/mol. The van der Waals surface area contributed by atoms with Crippen LogP contribution in [0, 0.1) is 5.95 Å². The summed E-state index contributed by atoms with van der Waals surface area (Å²) in [6.07, 6.45) is 1.84. The topological polar surface area (TPSA) is 96.6 Å². The quantitative estimate of drug-likeness (QED) is 0.358. The van der Waals surface area contributed by atoms with Crippen molar-refractivity contribution in [3.8, 4) is 22.8 Å². The van der Waals surface area contributed by atoms with Gasteiger partial charge in [-0.15, -0.1) is 0 Å². The van der Waals surface area contributed by atoms with Gasteiger partial charge in [-0.25, -0.2) is 4.98 Å². The zero-order valence-corrected chi connectivity index (χ0v) is 19.8. The lowest BCUT2D eigenvalue weighted by Gasteiger charge is -2.29. The highest BCUT2D eigenvalue weighted by atomic mass is 19.1. The summed E-state index contributed by atoms with van der Waals surface area (Å²) in [6, 6.07) is 17.4. The second kappa shape index (κ2) is 9.51. The van der Waals surface area contributed by atoms with Crippen molar-refractivity contribution in [3.05, 3.63) is 99.9 Å². The molecule has 0 radical (unpaired) electrons. The van der Waals surface area contributed by atoms with Crippen LogP contribution in [0.1, 0.15) is 21.5 Å². The average molecular weight is 499 g/mol. The van der Waals surface area contributed by atoms with Gasteiger partial charge in [-0.05, 0) is 42.0 Å². The molecule has 2 N–H and O–H groups in total. The maximum absolute atomic E-state index is 13.4. The highest BCUT2D eigenvalue weighted by Crippen LogP contribution is 2.43. The predicted octanol–water partition coefficient (Wildman–Crippen LogP) is 4.36. The first-order valence-electron chi connectivity index (χ1n) is 12.0. The molecule has 1 saturated heterocycles. The largest absolute Gasteiger partial charge is 0.456 e. The van der Waals surface area contributed by atoms with Crippen LogP contribution in [0.2, 0.25) is 0 Å². The maximum Gasteiger partial charge on any atom is 0.255 e. The first kappa shape index (κ1) is 22.9. The van der Waals surface area contributed by atoms with Crippen molar-refractivity contribution >= 4 is 17.3 Å². The van der Waals surface area contributed by atoms with Crippen LogP contribution < -0.4 is 20.5 Å². The molecule has 0 bridgehead atoms. The van der Waals surface area contributed by atoms with E-state index in [-0.39, 0.29) is 11.1 Å². The molecule has 8 nitrogen and oxygen atoms in total. The van der Waals surface area contributed by atoms with E-state index in [1.54, 1.807) is 18.2 Å². The number of rotatable bonds is 4. The summed E-state index contributed by atoms with van der Waals surface area (Å²) in [7, 11) is 0. The van der Waals surface area contributed by atoms with Crippen LogP contribution in [0.3, 0.4) is 0 Å². The smallest absolute Gasteiger partial charge is 0.255 e.